The minimum absolute atomic E-state index is 0.0403. The molecular weight excluding hydrogens is 532 g/mol. The number of rotatable bonds is 7. The second kappa shape index (κ2) is 10.1. The molecule has 0 aliphatic heterocycles. The van der Waals surface area contributed by atoms with Gasteiger partial charge >= 0.3 is 6.18 Å². The molecule has 2 aromatic carbocycles. The van der Waals surface area contributed by atoms with E-state index in [0.717, 1.165) is 21.8 Å². The zero-order valence-corrected chi connectivity index (χ0v) is 22.5. The minimum atomic E-state index is -4.88. The average molecular weight is 559 g/mol. The van der Waals surface area contributed by atoms with Gasteiger partial charge in [-0.2, -0.15) is 13.2 Å². The number of hydrogen-bond acceptors (Lipinski definition) is 3. The molecule has 200 valence electrons. The van der Waals surface area contributed by atoms with Gasteiger partial charge in [0.2, 0.25) is 0 Å². The smallest absolute Gasteiger partial charge is 0.339 e. The molecule has 0 bridgehead atoms. The average Bonchev–Trinajstić information content (AvgIpc) is 3.04. The van der Waals surface area contributed by atoms with Crippen LogP contribution >= 0.6 is 11.6 Å². The van der Waals surface area contributed by atoms with E-state index in [-0.39, 0.29) is 34.8 Å². The summed E-state index contributed by atoms with van der Waals surface area (Å²) in [6, 6.07) is 11.8. The Morgan fingerprint density at radius 3 is 2.19 bits per heavy atom. The summed E-state index contributed by atoms with van der Waals surface area (Å²) >= 11 is 5.87. The maximum absolute atomic E-state index is 15.1. The summed E-state index contributed by atoms with van der Waals surface area (Å²) in [4.78, 5) is 14.9. The van der Waals surface area contributed by atoms with E-state index < -0.39 is 43.9 Å². The maximum atomic E-state index is 15.1. The lowest BCUT2D eigenvalue weighted by molar-refractivity contribution is -0.143. The topological polar surface area (TPSA) is 59.4 Å². The number of nitrogens with zero attached hydrogens (tertiary/aromatic N) is 2. The Balaban J connectivity index is 2.35. The molecule has 0 spiro atoms. The summed E-state index contributed by atoms with van der Waals surface area (Å²) in [7, 11) is -2.32. The number of halogens is 5. The lowest BCUT2D eigenvalue weighted by atomic mass is 9.99. The number of aromatic nitrogens is 1. The quantitative estimate of drug-likeness (QED) is 0.324. The van der Waals surface area contributed by atoms with Gasteiger partial charge in [-0.25, -0.2) is 12.8 Å². The number of sulfone groups is 1. The van der Waals surface area contributed by atoms with Gasteiger partial charge in [-0.1, -0.05) is 41.9 Å². The molecule has 0 atom stereocenters. The normalized spacial score (nSPS) is 12.6. The van der Waals surface area contributed by atoms with Gasteiger partial charge < -0.3 is 9.47 Å². The van der Waals surface area contributed by atoms with Crippen LogP contribution in [0.15, 0.2) is 48.5 Å². The fourth-order valence-corrected chi connectivity index (χ4v) is 4.81. The molecule has 5 nitrogen and oxygen atoms in total. The van der Waals surface area contributed by atoms with Gasteiger partial charge in [0, 0.05) is 42.5 Å². The predicted molar refractivity (Wildman–Crippen MR) is 136 cm³/mol. The molecule has 0 saturated carbocycles. The van der Waals surface area contributed by atoms with Crippen molar-refractivity contribution in [1.29, 1.82) is 0 Å². The largest absolute Gasteiger partial charge is 0.431 e. The fraction of sp³-hybridized carbons (Fsp3) is 0.346. The van der Waals surface area contributed by atoms with Crippen LogP contribution in [0.2, 0.25) is 5.02 Å². The number of carbonyl (C=O) groups is 1. The third-order valence-corrected chi connectivity index (χ3v) is 8.70. The molecule has 0 aliphatic rings. The third-order valence-electron chi connectivity index (χ3n) is 6.33. The third kappa shape index (κ3) is 5.85. The van der Waals surface area contributed by atoms with E-state index in [1.807, 2.05) is 0 Å². The summed E-state index contributed by atoms with van der Waals surface area (Å²) in [6.45, 7) is 3.40. The molecule has 0 unspecified atom stereocenters. The highest BCUT2D eigenvalue weighted by Crippen LogP contribution is 2.42. The number of carbonyl (C=O) groups excluding carboxylic acids is 1. The van der Waals surface area contributed by atoms with E-state index in [1.54, 1.807) is 30.3 Å². The molecule has 37 heavy (non-hydrogen) atoms. The lowest BCUT2D eigenvalue weighted by Crippen LogP contribution is -2.45. The van der Waals surface area contributed by atoms with Crippen molar-refractivity contribution in [2.75, 3.05) is 19.8 Å². The molecule has 0 aliphatic carbocycles. The summed E-state index contributed by atoms with van der Waals surface area (Å²) < 4.78 is 82.3. The molecule has 0 saturated heterocycles. The molecule has 3 aromatic rings. The van der Waals surface area contributed by atoms with Gasteiger partial charge in [-0.15, -0.1) is 0 Å². The van der Waals surface area contributed by atoms with E-state index in [2.05, 4.69) is 0 Å². The number of alkyl halides is 3. The van der Waals surface area contributed by atoms with Gasteiger partial charge in [0.05, 0.1) is 4.75 Å². The van der Waals surface area contributed by atoms with Crippen LogP contribution in [0.3, 0.4) is 0 Å². The molecule has 0 radical (unpaired) electrons. The van der Waals surface area contributed by atoms with Crippen LogP contribution in [0.4, 0.5) is 17.6 Å². The molecule has 3 rings (SSSR count). The van der Waals surface area contributed by atoms with Gasteiger partial charge in [0.25, 0.3) is 5.91 Å². The van der Waals surface area contributed by atoms with Crippen LogP contribution in [0.25, 0.3) is 11.1 Å². The molecule has 1 aromatic heterocycles. The molecule has 0 fully saturated rings. The Morgan fingerprint density at radius 1 is 1.08 bits per heavy atom. The van der Waals surface area contributed by atoms with E-state index >= 15 is 4.39 Å². The fourth-order valence-electron chi connectivity index (χ4n) is 4.22. The standard InChI is InChI=1S/C26H27ClF4N2O3S/c1-16-21(19-12-11-18(27)13-20(19)28)22(24(34)32(4)15-25(2,3)37(5,35)36)33(23(16)26(29,30)31)14-17-9-7-6-8-10-17/h6-13H,14-15H2,1-5H3. The molecule has 0 N–H and O–H groups in total. The highest BCUT2D eigenvalue weighted by molar-refractivity contribution is 7.92. The van der Waals surface area contributed by atoms with Crippen LogP contribution in [0.5, 0.6) is 0 Å². The van der Waals surface area contributed by atoms with Crippen LogP contribution in [0.1, 0.15) is 41.2 Å². The summed E-state index contributed by atoms with van der Waals surface area (Å²) in [5, 5.41) is 0.0403. The van der Waals surface area contributed by atoms with Crippen LogP contribution in [-0.2, 0) is 22.6 Å². The second-order valence-electron chi connectivity index (χ2n) is 9.58. The SMILES string of the molecule is Cc1c(-c2ccc(Cl)cc2F)c(C(=O)N(C)CC(C)(C)S(C)(=O)=O)n(Cc2ccccc2)c1C(F)(F)F. The first kappa shape index (κ1) is 28.7. The highest BCUT2D eigenvalue weighted by atomic mass is 35.5. The van der Waals surface area contributed by atoms with E-state index in [4.69, 9.17) is 11.6 Å². The zero-order chi connectivity index (χ0) is 27.9. The summed E-state index contributed by atoms with van der Waals surface area (Å²) in [5.41, 5.74) is -1.80. The van der Waals surface area contributed by atoms with Crippen molar-refractivity contribution in [3.8, 4) is 11.1 Å². The Bertz CT molecular complexity index is 1430. The Labute approximate surface area is 218 Å². The number of amides is 1. The van der Waals surface area contributed by atoms with E-state index in [1.165, 1.54) is 40.0 Å². The Morgan fingerprint density at radius 2 is 1.68 bits per heavy atom. The first-order chi connectivity index (χ1) is 17.0. The number of hydrogen-bond donors (Lipinski definition) is 0. The Hall–Kier alpha value is -2.85. The van der Waals surface area contributed by atoms with Gasteiger partial charge in [0.1, 0.15) is 17.2 Å². The first-order valence-corrected chi connectivity index (χ1v) is 13.5. The Kier molecular flexibility index (Phi) is 7.86. The second-order valence-corrected chi connectivity index (χ2v) is 12.7. The van der Waals surface area contributed by atoms with Crippen LogP contribution in [-0.4, -0.2) is 48.4 Å². The summed E-state index contributed by atoms with van der Waals surface area (Å²) in [6.07, 6.45) is -3.86. The highest BCUT2D eigenvalue weighted by Gasteiger charge is 2.42. The van der Waals surface area contributed by atoms with Crippen molar-refractivity contribution >= 4 is 27.3 Å². The van der Waals surface area contributed by atoms with Crippen LogP contribution < -0.4 is 0 Å². The molecular formula is C26H27ClF4N2O3S. The van der Waals surface area contributed by atoms with Crippen molar-refractivity contribution in [2.24, 2.45) is 0 Å². The molecule has 11 heteroatoms. The van der Waals surface area contributed by atoms with E-state index in [0.29, 0.717) is 5.56 Å². The monoisotopic (exact) mass is 558 g/mol. The molecule has 1 heterocycles. The summed E-state index contributed by atoms with van der Waals surface area (Å²) in [5.74, 6) is -1.77. The van der Waals surface area contributed by atoms with E-state index in [9.17, 15) is 26.4 Å². The number of benzene rings is 2. The van der Waals surface area contributed by atoms with Crippen molar-refractivity contribution in [3.05, 3.63) is 81.9 Å². The van der Waals surface area contributed by atoms with Gasteiger partial charge in [-0.3, -0.25) is 4.79 Å². The first-order valence-electron chi connectivity index (χ1n) is 11.2. The van der Waals surface area contributed by atoms with Crippen molar-refractivity contribution in [2.45, 2.75) is 38.2 Å². The van der Waals surface area contributed by atoms with Crippen molar-refractivity contribution in [1.82, 2.24) is 9.47 Å². The maximum Gasteiger partial charge on any atom is 0.431 e. The van der Waals surface area contributed by atoms with Crippen molar-refractivity contribution in [3.63, 3.8) is 0 Å². The predicted octanol–water partition coefficient (Wildman–Crippen LogP) is 6.22. The van der Waals surface area contributed by atoms with Crippen LogP contribution in [0, 0.1) is 12.7 Å². The van der Waals surface area contributed by atoms with Gasteiger partial charge in [-0.05, 0) is 50.1 Å². The zero-order valence-electron chi connectivity index (χ0n) is 21.0. The minimum Gasteiger partial charge on any atom is -0.339 e. The van der Waals surface area contributed by atoms with Gasteiger partial charge in [0.15, 0.2) is 9.84 Å². The van der Waals surface area contributed by atoms with Crippen molar-refractivity contribution < 1.29 is 30.8 Å². The lowest BCUT2D eigenvalue weighted by Gasteiger charge is -2.29. The molecule has 1 amide bonds.